The van der Waals surface area contributed by atoms with Crippen molar-refractivity contribution in [2.45, 2.75) is 27.2 Å². The molecule has 0 spiro atoms. The Morgan fingerprint density at radius 1 is 1.27 bits per heavy atom. The van der Waals surface area contributed by atoms with Crippen molar-refractivity contribution in [3.63, 3.8) is 0 Å². The zero-order valence-corrected chi connectivity index (χ0v) is 7.33. The van der Waals surface area contributed by atoms with E-state index < -0.39 is 0 Å². The lowest BCUT2D eigenvalue weighted by atomic mass is 10.1. The molecule has 0 aliphatic heterocycles. The smallest absolute Gasteiger partial charge is 0.170 e. The summed E-state index contributed by atoms with van der Waals surface area (Å²) in [6.07, 6.45) is 4.44. The van der Waals surface area contributed by atoms with Gasteiger partial charge in [0.15, 0.2) is 7.85 Å². The van der Waals surface area contributed by atoms with E-state index in [2.05, 4.69) is 16.9 Å². The van der Waals surface area contributed by atoms with Crippen molar-refractivity contribution in [3.8, 4) is 0 Å². The van der Waals surface area contributed by atoms with Crippen LogP contribution in [0.15, 0.2) is 12.4 Å². The minimum absolute atomic E-state index is 0.340. The maximum Gasteiger partial charge on any atom is 0.170 e. The third-order valence-corrected chi connectivity index (χ3v) is 1.13. The number of aromatic nitrogens is 2. The first-order valence-corrected chi connectivity index (χ1v) is 3.89. The highest BCUT2D eigenvalue weighted by atomic mass is 14.8. The molecule has 2 nitrogen and oxygen atoms in total. The summed E-state index contributed by atoms with van der Waals surface area (Å²) >= 11 is 0. The summed E-state index contributed by atoms with van der Waals surface area (Å²) in [5, 5.41) is 0. The Labute approximate surface area is 69.5 Å². The minimum atomic E-state index is 0.340. The maximum atomic E-state index is 5.26. The maximum absolute atomic E-state index is 5.26. The van der Waals surface area contributed by atoms with Crippen molar-refractivity contribution in [1.82, 2.24) is 9.97 Å². The van der Waals surface area contributed by atoms with Crippen LogP contribution < -0.4 is 5.72 Å². The van der Waals surface area contributed by atoms with E-state index in [0.717, 1.165) is 12.0 Å². The Bertz CT molecular complexity index is 184. The molecule has 0 amide bonds. The zero-order chi connectivity index (χ0) is 8.69. The fourth-order valence-corrected chi connectivity index (χ4v) is 0.547. The molecule has 0 fully saturated rings. The summed E-state index contributed by atoms with van der Waals surface area (Å²) in [5.41, 5.74) is 1.46. The average molecular weight is 148 g/mol. The molecular weight excluding hydrogens is 135 g/mol. The molecule has 1 heterocycles. The lowest BCUT2D eigenvalue weighted by Gasteiger charge is -1.93. The number of nitrogens with zero attached hydrogens (tertiary/aromatic N) is 2. The van der Waals surface area contributed by atoms with Crippen LogP contribution in [0, 0.1) is 0 Å². The predicted molar refractivity (Wildman–Crippen MR) is 48.1 cm³/mol. The number of aryl methyl sites for hydroxylation is 1. The van der Waals surface area contributed by atoms with Crippen molar-refractivity contribution < 1.29 is 0 Å². The molecule has 3 heteroatoms. The van der Waals surface area contributed by atoms with Crippen molar-refractivity contribution in [3.05, 3.63) is 18.0 Å². The largest absolute Gasteiger partial charge is 0.253 e. The molecule has 0 saturated heterocycles. The van der Waals surface area contributed by atoms with Crippen LogP contribution >= 0.6 is 0 Å². The molecule has 0 atom stereocenters. The fourth-order valence-electron chi connectivity index (χ4n) is 0.547. The van der Waals surface area contributed by atoms with E-state index in [1.54, 1.807) is 12.4 Å². The van der Waals surface area contributed by atoms with Gasteiger partial charge < -0.3 is 0 Å². The van der Waals surface area contributed by atoms with Crippen LogP contribution in [0.4, 0.5) is 0 Å². The van der Waals surface area contributed by atoms with Gasteiger partial charge in [-0.05, 0) is 12.0 Å². The van der Waals surface area contributed by atoms with E-state index in [0.29, 0.717) is 5.72 Å². The molecule has 0 bridgehead atoms. The summed E-state index contributed by atoms with van der Waals surface area (Å²) in [6.45, 7) is 6.05. The van der Waals surface area contributed by atoms with Gasteiger partial charge in [-0.15, -0.1) is 0 Å². The highest BCUT2D eigenvalue weighted by molar-refractivity contribution is 6.28. The van der Waals surface area contributed by atoms with E-state index >= 15 is 0 Å². The lowest BCUT2D eigenvalue weighted by molar-refractivity contribution is 1.07. The SMILES string of the molecule is CC.[B]c1ncc(CC)cn1. The molecule has 1 aromatic rings. The first-order valence-electron chi connectivity index (χ1n) is 3.89. The topological polar surface area (TPSA) is 25.8 Å². The normalized spacial score (nSPS) is 8.27. The van der Waals surface area contributed by atoms with Crippen molar-refractivity contribution in [1.29, 1.82) is 0 Å². The molecule has 1 rings (SSSR count). The van der Waals surface area contributed by atoms with Gasteiger partial charge in [0.2, 0.25) is 0 Å². The molecule has 58 valence electrons. The van der Waals surface area contributed by atoms with Crippen molar-refractivity contribution in [2.24, 2.45) is 0 Å². The van der Waals surface area contributed by atoms with Crippen molar-refractivity contribution in [2.75, 3.05) is 0 Å². The van der Waals surface area contributed by atoms with Gasteiger partial charge in [-0.25, -0.2) is 0 Å². The van der Waals surface area contributed by atoms with E-state index in [1.807, 2.05) is 13.8 Å². The molecule has 0 aliphatic carbocycles. The summed E-state index contributed by atoms with van der Waals surface area (Å²) in [6, 6.07) is 0. The third kappa shape index (κ3) is 3.76. The second-order valence-corrected chi connectivity index (χ2v) is 1.80. The molecule has 1 aromatic heterocycles. The second kappa shape index (κ2) is 5.89. The van der Waals surface area contributed by atoms with Gasteiger partial charge in [-0.1, -0.05) is 20.8 Å². The van der Waals surface area contributed by atoms with Gasteiger partial charge in [-0.2, -0.15) is 0 Å². The fraction of sp³-hybridized carbons (Fsp3) is 0.500. The zero-order valence-electron chi connectivity index (χ0n) is 7.33. The summed E-state index contributed by atoms with van der Waals surface area (Å²) in [4.78, 5) is 7.63. The van der Waals surface area contributed by atoms with Gasteiger partial charge in [0.25, 0.3) is 0 Å². The first kappa shape index (κ1) is 10.1. The standard InChI is InChI=1S/C6H7BN2.C2H6/c1-2-5-3-8-6(7)9-4-5;1-2/h3-4H,2H2,1H3;1-2H3. The summed E-state index contributed by atoms with van der Waals surface area (Å²) in [5.74, 6) is 0. The number of hydrogen-bond acceptors (Lipinski definition) is 2. The molecule has 0 aliphatic rings. The second-order valence-electron chi connectivity index (χ2n) is 1.80. The van der Waals surface area contributed by atoms with Crippen molar-refractivity contribution >= 4 is 13.6 Å². The Kier molecular flexibility index (Phi) is 5.44. The highest BCUT2D eigenvalue weighted by Crippen LogP contribution is 1.89. The number of rotatable bonds is 1. The van der Waals surface area contributed by atoms with Crippen LogP contribution in [0.5, 0.6) is 0 Å². The third-order valence-electron chi connectivity index (χ3n) is 1.13. The molecule has 0 unspecified atom stereocenters. The number of hydrogen-bond donors (Lipinski definition) is 0. The molecule has 0 N–H and O–H groups in total. The first-order chi connectivity index (χ1) is 5.33. The van der Waals surface area contributed by atoms with Crippen LogP contribution in [0.3, 0.4) is 0 Å². The van der Waals surface area contributed by atoms with E-state index in [9.17, 15) is 0 Å². The Hall–Kier alpha value is -0.855. The molecular formula is C8H13BN2. The summed E-state index contributed by atoms with van der Waals surface area (Å²) in [7, 11) is 5.26. The molecule has 0 saturated carbocycles. The Balaban J connectivity index is 0.000000461. The highest BCUT2D eigenvalue weighted by Gasteiger charge is 1.87. The Morgan fingerprint density at radius 2 is 1.73 bits per heavy atom. The monoisotopic (exact) mass is 148 g/mol. The van der Waals surface area contributed by atoms with Gasteiger partial charge in [0.05, 0.1) is 5.72 Å². The molecule has 2 radical (unpaired) electrons. The molecule has 11 heavy (non-hydrogen) atoms. The van der Waals surface area contributed by atoms with E-state index in [4.69, 9.17) is 7.85 Å². The minimum Gasteiger partial charge on any atom is -0.253 e. The van der Waals surface area contributed by atoms with Crippen LogP contribution in [0.2, 0.25) is 0 Å². The van der Waals surface area contributed by atoms with Crippen LogP contribution in [-0.4, -0.2) is 17.8 Å². The Morgan fingerprint density at radius 3 is 2.09 bits per heavy atom. The van der Waals surface area contributed by atoms with Gasteiger partial charge in [0, 0.05) is 12.4 Å². The molecule has 0 aromatic carbocycles. The predicted octanol–water partition coefficient (Wildman–Crippen LogP) is 0.859. The van der Waals surface area contributed by atoms with E-state index in [1.165, 1.54) is 0 Å². The van der Waals surface area contributed by atoms with Gasteiger partial charge >= 0.3 is 0 Å². The van der Waals surface area contributed by atoms with Crippen LogP contribution in [0.25, 0.3) is 0 Å². The summed E-state index contributed by atoms with van der Waals surface area (Å²) < 4.78 is 0. The van der Waals surface area contributed by atoms with Crippen LogP contribution in [-0.2, 0) is 6.42 Å². The lowest BCUT2D eigenvalue weighted by Crippen LogP contribution is -2.12. The van der Waals surface area contributed by atoms with Gasteiger partial charge in [-0.3, -0.25) is 9.97 Å². The van der Waals surface area contributed by atoms with Crippen LogP contribution in [0.1, 0.15) is 26.3 Å². The quantitative estimate of drug-likeness (QED) is 0.552. The van der Waals surface area contributed by atoms with Gasteiger partial charge in [0.1, 0.15) is 0 Å². The van der Waals surface area contributed by atoms with E-state index in [-0.39, 0.29) is 0 Å². The average Bonchev–Trinajstić information content (AvgIpc) is 2.10.